The van der Waals surface area contributed by atoms with Crippen LogP contribution in [-0.4, -0.2) is 17.1 Å². The smallest absolute Gasteiger partial charge is 0.283 e. The summed E-state index contributed by atoms with van der Waals surface area (Å²) in [5, 5.41) is 10.5. The lowest BCUT2D eigenvalue weighted by atomic mass is 10.3. The second kappa shape index (κ2) is 5.79. The number of hydrogen-bond acceptors (Lipinski definition) is 4. The number of thiophene rings is 1. The summed E-state index contributed by atoms with van der Waals surface area (Å²) in [6, 6.07) is 5.61. The highest BCUT2D eigenvalue weighted by Gasteiger charge is 2.17. The molecule has 2 aromatic heterocycles. The molecular weight excluding hydrogens is 250 g/mol. The summed E-state index contributed by atoms with van der Waals surface area (Å²) in [7, 11) is 0. The normalized spacial score (nSPS) is 12.3. The van der Waals surface area contributed by atoms with Gasteiger partial charge in [0.25, 0.3) is 5.91 Å². The number of nitrogens with zero attached hydrogens (tertiary/aromatic N) is 1. The van der Waals surface area contributed by atoms with Crippen molar-refractivity contribution in [3.63, 3.8) is 0 Å². The quantitative estimate of drug-likeness (QED) is 0.852. The van der Waals surface area contributed by atoms with Gasteiger partial charge in [-0.25, -0.2) is 0 Å². The molecule has 2 heterocycles. The van der Waals surface area contributed by atoms with Crippen LogP contribution in [0.3, 0.4) is 0 Å². The van der Waals surface area contributed by atoms with E-state index in [4.69, 9.17) is 4.52 Å². The standard InChI is InChI=1S/C12H15N3O2S/c1-8-6-11(15-17-8)14-12(16)9(2)13-7-10-4-3-5-18-10/h3-6,9,13H,7H2,1-2H3,(H,14,15,16)/p+1/t9-/m0/s1. The minimum absolute atomic E-state index is 0.0696. The van der Waals surface area contributed by atoms with Gasteiger partial charge in [0.05, 0.1) is 4.88 Å². The van der Waals surface area contributed by atoms with E-state index in [-0.39, 0.29) is 11.9 Å². The summed E-state index contributed by atoms with van der Waals surface area (Å²) in [4.78, 5) is 13.1. The fourth-order valence-corrected chi connectivity index (χ4v) is 2.18. The molecule has 0 saturated carbocycles. The first-order valence-electron chi connectivity index (χ1n) is 5.75. The van der Waals surface area contributed by atoms with Crippen LogP contribution in [0.2, 0.25) is 0 Å². The number of rotatable bonds is 5. The van der Waals surface area contributed by atoms with Crippen molar-refractivity contribution >= 4 is 23.1 Å². The third kappa shape index (κ3) is 3.41. The summed E-state index contributed by atoms with van der Waals surface area (Å²) in [6.45, 7) is 4.47. The zero-order valence-corrected chi connectivity index (χ0v) is 11.2. The Morgan fingerprint density at radius 2 is 2.50 bits per heavy atom. The Morgan fingerprint density at radius 3 is 3.11 bits per heavy atom. The highest BCUT2D eigenvalue weighted by atomic mass is 32.1. The van der Waals surface area contributed by atoms with Crippen molar-refractivity contribution in [2.45, 2.75) is 26.4 Å². The van der Waals surface area contributed by atoms with E-state index in [1.54, 1.807) is 24.3 Å². The van der Waals surface area contributed by atoms with Crippen molar-refractivity contribution in [3.8, 4) is 0 Å². The number of carbonyl (C=O) groups is 1. The van der Waals surface area contributed by atoms with Gasteiger partial charge in [-0.05, 0) is 25.3 Å². The van der Waals surface area contributed by atoms with Crippen LogP contribution >= 0.6 is 11.3 Å². The fraction of sp³-hybridized carbons (Fsp3) is 0.333. The lowest BCUT2D eigenvalue weighted by Gasteiger charge is -2.08. The van der Waals surface area contributed by atoms with Crippen LogP contribution in [0, 0.1) is 6.92 Å². The molecule has 5 nitrogen and oxygen atoms in total. The predicted molar refractivity (Wildman–Crippen MR) is 69.3 cm³/mol. The fourth-order valence-electron chi connectivity index (χ4n) is 1.49. The molecule has 0 aliphatic rings. The topological polar surface area (TPSA) is 71.7 Å². The van der Waals surface area contributed by atoms with E-state index in [1.165, 1.54) is 4.88 Å². The minimum Gasteiger partial charge on any atom is -0.360 e. The molecule has 0 spiro atoms. The first-order valence-corrected chi connectivity index (χ1v) is 6.63. The molecule has 1 atom stereocenters. The Balaban J connectivity index is 1.81. The molecule has 18 heavy (non-hydrogen) atoms. The second-order valence-corrected chi connectivity index (χ2v) is 5.15. The third-order valence-electron chi connectivity index (χ3n) is 2.55. The first kappa shape index (κ1) is 12.8. The van der Waals surface area contributed by atoms with Crippen LogP contribution in [-0.2, 0) is 11.3 Å². The minimum atomic E-state index is -0.163. The Hall–Kier alpha value is -1.66. The van der Waals surface area contributed by atoms with Crippen molar-refractivity contribution in [1.82, 2.24) is 5.16 Å². The summed E-state index contributed by atoms with van der Waals surface area (Å²) in [5.41, 5.74) is 0. The molecule has 0 unspecified atom stereocenters. The molecule has 0 aromatic carbocycles. The maximum Gasteiger partial charge on any atom is 0.283 e. The van der Waals surface area contributed by atoms with Gasteiger partial charge < -0.3 is 15.2 Å². The van der Waals surface area contributed by atoms with Crippen LogP contribution in [0.15, 0.2) is 28.1 Å². The van der Waals surface area contributed by atoms with E-state index < -0.39 is 0 Å². The van der Waals surface area contributed by atoms with Crippen molar-refractivity contribution in [3.05, 3.63) is 34.2 Å². The van der Waals surface area contributed by atoms with E-state index in [1.807, 2.05) is 23.7 Å². The number of carbonyl (C=O) groups excluding carboxylic acids is 1. The molecule has 96 valence electrons. The Kier molecular flexibility index (Phi) is 4.11. The molecule has 0 saturated heterocycles. The van der Waals surface area contributed by atoms with Crippen LogP contribution in [0.1, 0.15) is 17.6 Å². The lowest BCUT2D eigenvalue weighted by molar-refractivity contribution is -0.688. The highest BCUT2D eigenvalue weighted by molar-refractivity contribution is 7.09. The molecule has 0 aliphatic carbocycles. The second-order valence-electron chi connectivity index (χ2n) is 4.12. The van der Waals surface area contributed by atoms with Crippen LogP contribution in [0.4, 0.5) is 5.82 Å². The molecule has 2 aromatic rings. The van der Waals surface area contributed by atoms with E-state index in [0.717, 1.165) is 6.54 Å². The molecule has 6 heteroatoms. The molecule has 0 aliphatic heterocycles. The zero-order chi connectivity index (χ0) is 13.0. The SMILES string of the molecule is Cc1cc(NC(=O)[C@H](C)[NH2+]Cc2cccs2)no1. The Morgan fingerprint density at radius 1 is 1.67 bits per heavy atom. The lowest BCUT2D eigenvalue weighted by Crippen LogP contribution is -2.90. The predicted octanol–water partition coefficient (Wildman–Crippen LogP) is 1.14. The van der Waals surface area contributed by atoms with E-state index in [9.17, 15) is 4.79 Å². The number of nitrogens with two attached hydrogens (primary N) is 1. The summed E-state index contributed by atoms with van der Waals surface area (Å²) in [6.07, 6.45) is 0. The Labute approximate surface area is 109 Å². The van der Waals surface area contributed by atoms with Gasteiger partial charge in [-0.15, -0.1) is 11.3 Å². The molecule has 3 N–H and O–H groups in total. The van der Waals surface area contributed by atoms with E-state index >= 15 is 0 Å². The number of nitrogens with one attached hydrogen (secondary N) is 1. The molecule has 0 bridgehead atoms. The van der Waals surface area contributed by atoms with Gasteiger partial charge >= 0.3 is 0 Å². The number of hydrogen-bond donors (Lipinski definition) is 2. The monoisotopic (exact) mass is 266 g/mol. The average molecular weight is 266 g/mol. The number of amides is 1. The third-order valence-corrected chi connectivity index (χ3v) is 3.44. The first-order chi connectivity index (χ1) is 8.65. The van der Waals surface area contributed by atoms with Crippen LogP contribution in [0.25, 0.3) is 0 Å². The molecule has 0 fully saturated rings. The highest BCUT2D eigenvalue weighted by Crippen LogP contribution is 2.07. The van der Waals surface area contributed by atoms with Crippen LogP contribution < -0.4 is 10.6 Å². The number of quaternary nitrogens is 1. The van der Waals surface area contributed by atoms with Crippen molar-refractivity contribution in [1.29, 1.82) is 0 Å². The number of anilines is 1. The number of aryl methyl sites for hydroxylation is 1. The maximum absolute atomic E-state index is 11.9. The molecule has 2 rings (SSSR count). The van der Waals surface area contributed by atoms with Gasteiger partial charge in [0.15, 0.2) is 11.9 Å². The van der Waals surface area contributed by atoms with Crippen molar-refractivity contribution < 1.29 is 14.6 Å². The van der Waals surface area contributed by atoms with Gasteiger partial charge in [-0.2, -0.15) is 0 Å². The van der Waals surface area contributed by atoms with E-state index in [2.05, 4.69) is 16.5 Å². The summed E-state index contributed by atoms with van der Waals surface area (Å²) >= 11 is 1.69. The van der Waals surface area contributed by atoms with Gasteiger partial charge in [-0.1, -0.05) is 11.2 Å². The molecule has 0 radical (unpaired) electrons. The largest absolute Gasteiger partial charge is 0.360 e. The zero-order valence-electron chi connectivity index (χ0n) is 10.3. The van der Waals surface area contributed by atoms with Gasteiger partial charge in [-0.3, -0.25) is 4.79 Å². The Bertz CT molecular complexity index is 507. The molecular formula is C12H16N3O2S+. The van der Waals surface area contributed by atoms with Crippen molar-refractivity contribution in [2.75, 3.05) is 5.32 Å². The van der Waals surface area contributed by atoms with Crippen molar-refractivity contribution in [2.24, 2.45) is 0 Å². The van der Waals surface area contributed by atoms with Gasteiger partial charge in [0.1, 0.15) is 12.3 Å². The summed E-state index contributed by atoms with van der Waals surface area (Å²) < 4.78 is 4.89. The van der Waals surface area contributed by atoms with Gasteiger partial charge in [0, 0.05) is 6.07 Å². The van der Waals surface area contributed by atoms with Gasteiger partial charge in [0.2, 0.25) is 0 Å². The maximum atomic E-state index is 11.9. The molecule has 1 amide bonds. The van der Waals surface area contributed by atoms with Crippen LogP contribution in [0.5, 0.6) is 0 Å². The average Bonchev–Trinajstić information content (AvgIpc) is 2.97. The summed E-state index contributed by atoms with van der Waals surface area (Å²) in [5.74, 6) is 1.08. The van der Waals surface area contributed by atoms with E-state index in [0.29, 0.717) is 11.6 Å². The number of aromatic nitrogens is 1.